The lowest BCUT2D eigenvalue weighted by molar-refractivity contribution is 0.102. The van der Waals surface area contributed by atoms with Gasteiger partial charge in [0.05, 0.1) is 19.1 Å². The Bertz CT molecular complexity index is 973. The molecule has 3 aromatic rings. The number of rotatable bonds is 8. The summed E-state index contributed by atoms with van der Waals surface area (Å²) in [7, 11) is 1.61. The van der Waals surface area contributed by atoms with E-state index >= 15 is 0 Å². The first-order valence-corrected chi connectivity index (χ1v) is 9.90. The van der Waals surface area contributed by atoms with Crippen molar-refractivity contribution in [3.63, 3.8) is 0 Å². The van der Waals surface area contributed by atoms with Crippen molar-refractivity contribution in [2.75, 3.05) is 24.1 Å². The third kappa shape index (κ3) is 5.11. The van der Waals surface area contributed by atoms with Crippen LogP contribution >= 0.6 is 27.7 Å². The van der Waals surface area contributed by atoms with Gasteiger partial charge in [-0.1, -0.05) is 39.8 Å². The number of anilines is 1. The van der Waals surface area contributed by atoms with Crippen molar-refractivity contribution in [3.8, 4) is 5.75 Å². The number of Topliss-reactive ketones (excluding diaryl/α,β-unsaturated/α-hetero) is 1. The van der Waals surface area contributed by atoms with Crippen molar-refractivity contribution in [2.24, 2.45) is 5.10 Å². The highest BCUT2D eigenvalue weighted by atomic mass is 79.9. The number of benzene rings is 2. The molecule has 0 bridgehead atoms. The Morgan fingerprint density at radius 2 is 1.96 bits per heavy atom. The van der Waals surface area contributed by atoms with Crippen LogP contribution in [0.1, 0.15) is 15.9 Å². The van der Waals surface area contributed by atoms with E-state index in [2.05, 4.69) is 36.7 Å². The van der Waals surface area contributed by atoms with Gasteiger partial charge in [-0.3, -0.25) is 4.79 Å². The topological polar surface area (TPSA) is 107 Å². The molecule has 10 heteroatoms. The SMILES string of the molecule is COc1ccc(/C=N/Nc2nnc(SCC(=O)c3ccc(Br)cc3)n2N)cc1. The number of ether oxygens (including phenoxy) is 1. The average Bonchev–Trinajstić information content (AvgIpc) is 3.07. The van der Waals surface area contributed by atoms with E-state index in [0.29, 0.717) is 10.7 Å². The Balaban J connectivity index is 1.56. The van der Waals surface area contributed by atoms with E-state index in [4.69, 9.17) is 10.6 Å². The molecule has 0 unspecified atom stereocenters. The number of ketones is 1. The lowest BCUT2D eigenvalue weighted by Crippen LogP contribution is -2.14. The molecule has 1 aromatic heterocycles. The maximum absolute atomic E-state index is 12.2. The fraction of sp³-hybridized carbons (Fsp3) is 0.111. The Hall–Kier alpha value is -2.85. The van der Waals surface area contributed by atoms with Gasteiger partial charge in [0, 0.05) is 10.0 Å². The third-order valence-electron chi connectivity index (χ3n) is 3.66. The number of hydrogen-bond acceptors (Lipinski definition) is 8. The molecule has 0 amide bonds. The van der Waals surface area contributed by atoms with Gasteiger partial charge in [-0.25, -0.2) is 10.1 Å². The van der Waals surface area contributed by atoms with E-state index in [-0.39, 0.29) is 17.5 Å². The van der Waals surface area contributed by atoms with Crippen LogP contribution < -0.4 is 16.0 Å². The molecule has 0 spiro atoms. The summed E-state index contributed by atoms with van der Waals surface area (Å²) in [5.74, 6) is 7.18. The Morgan fingerprint density at radius 1 is 1.25 bits per heavy atom. The van der Waals surface area contributed by atoms with Crippen LogP contribution in [0.3, 0.4) is 0 Å². The predicted molar refractivity (Wildman–Crippen MR) is 114 cm³/mol. The summed E-state index contributed by atoms with van der Waals surface area (Å²) in [6.07, 6.45) is 1.62. The summed E-state index contributed by atoms with van der Waals surface area (Å²) in [5, 5.41) is 12.4. The largest absolute Gasteiger partial charge is 0.497 e. The number of nitrogens with zero attached hydrogens (tertiary/aromatic N) is 4. The van der Waals surface area contributed by atoms with Crippen LogP contribution in [0.2, 0.25) is 0 Å². The maximum Gasteiger partial charge on any atom is 0.264 e. The molecule has 0 fully saturated rings. The first kappa shape index (κ1) is 19.9. The van der Waals surface area contributed by atoms with Crippen molar-refractivity contribution >= 4 is 45.6 Å². The summed E-state index contributed by atoms with van der Waals surface area (Å²) >= 11 is 4.55. The molecule has 0 atom stereocenters. The Kier molecular flexibility index (Phi) is 6.66. The normalized spacial score (nSPS) is 10.9. The summed E-state index contributed by atoms with van der Waals surface area (Å²) in [5.41, 5.74) is 4.24. The molecule has 144 valence electrons. The van der Waals surface area contributed by atoms with Gasteiger partial charge in [-0.05, 0) is 42.0 Å². The fourth-order valence-electron chi connectivity index (χ4n) is 2.16. The van der Waals surface area contributed by atoms with Gasteiger partial charge in [0.2, 0.25) is 5.16 Å². The van der Waals surface area contributed by atoms with Crippen molar-refractivity contribution in [2.45, 2.75) is 5.16 Å². The molecule has 3 N–H and O–H groups in total. The second kappa shape index (κ2) is 9.38. The molecule has 0 aliphatic rings. The molecule has 0 saturated heterocycles. The van der Waals surface area contributed by atoms with E-state index in [9.17, 15) is 4.79 Å². The van der Waals surface area contributed by atoms with E-state index in [0.717, 1.165) is 15.8 Å². The molecule has 0 saturated carbocycles. The second-order valence-corrected chi connectivity index (χ2v) is 7.40. The zero-order valence-corrected chi connectivity index (χ0v) is 17.3. The monoisotopic (exact) mass is 460 g/mol. The molecule has 3 rings (SSSR count). The molecule has 0 aliphatic heterocycles. The highest BCUT2D eigenvalue weighted by Crippen LogP contribution is 2.19. The second-order valence-electron chi connectivity index (χ2n) is 5.54. The van der Waals surface area contributed by atoms with Crippen LogP contribution in [0, 0.1) is 0 Å². The highest BCUT2D eigenvalue weighted by Gasteiger charge is 2.13. The van der Waals surface area contributed by atoms with Gasteiger partial charge in [0.15, 0.2) is 5.78 Å². The number of hydrazone groups is 1. The third-order valence-corrected chi connectivity index (χ3v) is 5.13. The van der Waals surface area contributed by atoms with Crippen molar-refractivity contribution < 1.29 is 9.53 Å². The van der Waals surface area contributed by atoms with Crippen LogP contribution in [0.25, 0.3) is 0 Å². The van der Waals surface area contributed by atoms with Crippen LogP contribution in [-0.4, -0.2) is 39.7 Å². The number of nitrogens with two attached hydrogens (primary N) is 1. The number of aromatic nitrogens is 3. The van der Waals surface area contributed by atoms with Crippen LogP contribution in [0.4, 0.5) is 5.95 Å². The summed E-state index contributed by atoms with van der Waals surface area (Å²) in [6.45, 7) is 0. The van der Waals surface area contributed by atoms with Crippen molar-refractivity contribution in [3.05, 3.63) is 64.1 Å². The lowest BCUT2D eigenvalue weighted by Gasteiger charge is -2.03. The zero-order chi connectivity index (χ0) is 19.9. The van der Waals surface area contributed by atoms with E-state index in [1.807, 2.05) is 36.4 Å². The molecule has 28 heavy (non-hydrogen) atoms. The van der Waals surface area contributed by atoms with Gasteiger partial charge in [-0.15, -0.1) is 10.2 Å². The number of carbonyl (C=O) groups is 1. The van der Waals surface area contributed by atoms with Crippen LogP contribution in [0.15, 0.2) is 63.3 Å². The molecule has 0 aliphatic carbocycles. The van der Waals surface area contributed by atoms with E-state index in [1.165, 1.54) is 16.4 Å². The minimum Gasteiger partial charge on any atom is -0.497 e. The molecular weight excluding hydrogens is 444 g/mol. The minimum absolute atomic E-state index is 0.0208. The Labute approximate surface area is 174 Å². The molecule has 2 aromatic carbocycles. The average molecular weight is 461 g/mol. The molecule has 1 heterocycles. The van der Waals surface area contributed by atoms with Crippen molar-refractivity contribution in [1.29, 1.82) is 0 Å². The molecule has 0 radical (unpaired) electrons. The number of thioether (sulfide) groups is 1. The van der Waals surface area contributed by atoms with Gasteiger partial charge >= 0.3 is 0 Å². The van der Waals surface area contributed by atoms with Gasteiger partial charge in [0.25, 0.3) is 5.95 Å². The first-order chi connectivity index (χ1) is 13.6. The maximum atomic E-state index is 12.2. The summed E-state index contributed by atoms with van der Waals surface area (Å²) < 4.78 is 7.28. The minimum atomic E-state index is -0.0208. The summed E-state index contributed by atoms with van der Waals surface area (Å²) in [6, 6.07) is 14.6. The summed E-state index contributed by atoms with van der Waals surface area (Å²) in [4.78, 5) is 12.2. The van der Waals surface area contributed by atoms with Gasteiger partial charge in [0.1, 0.15) is 5.75 Å². The molecular formula is C18H17BrN6O2S. The van der Waals surface area contributed by atoms with Gasteiger partial charge < -0.3 is 10.6 Å². The quantitative estimate of drug-likeness (QED) is 0.174. The van der Waals surface area contributed by atoms with Crippen molar-refractivity contribution in [1.82, 2.24) is 14.9 Å². The number of methoxy groups -OCH3 is 1. The molecule has 8 nitrogen and oxygen atoms in total. The number of nitrogen functional groups attached to an aromatic ring is 1. The number of hydrogen-bond donors (Lipinski definition) is 2. The predicted octanol–water partition coefficient (Wildman–Crippen LogP) is 3.18. The van der Waals surface area contributed by atoms with Crippen LogP contribution in [0.5, 0.6) is 5.75 Å². The lowest BCUT2D eigenvalue weighted by atomic mass is 10.2. The first-order valence-electron chi connectivity index (χ1n) is 8.12. The number of nitrogens with one attached hydrogen (secondary N) is 1. The zero-order valence-electron chi connectivity index (χ0n) is 14.9. The smallest absolute Gasteiger partial charge is 0.264 e. The Morgan fingerprint density at radius 3 is 2.64 bits per heavy atom. The van der Waals surface area contributed by atoms with Gasteiger partial charge in [-0.2, -0.15) is 5.10 Å². The van der Waals surface area contributed by atoms with Crippen LogP contribution in [-0.2, 0) is 0 Å². The number of carbonyl (C=O) groups excluding carboxylic acids is 1. The van der Waals surface area contributed by atoms with E-state index < -0.39 is 0 Å². The standard InChI is InChI=1S/C18H17BrN6O2S/c1-27-15-8-2-12(3-9-15)10-21-22-17-23-24-18(25(17)20)28-11-16(26)13-4-6-14(19)7-5-13/h2-10H,11,20H2,1H3,(H,22,23)/b21-10+. The number of halogens is 1. The van der Waals surface area contributed by atoms with E-state index in [1.54, 1.807) is 25.5 Å². The highest BCUT2D eigenvalue weighted by molar-refractivity contribution is 9.10. The fourth-order valence-corrected chi connectivity index (χ4v) is 3.17.